The average Bonchev–Trinajstić information content (AvgIpc) is 2.94. The lowest BCUT2D eigenvalue weighted by Gasteiger charge is -2.04. The van der Waals surface area contributed by atoms with Crippen LogP contribution in [-0.4, -0.2) is 16.1 Å². The topological polar surface area (TPSA) is 71.8 Å². The number of aromatic amines is 1. The van der Waals surface area contributed by atoms with Gasteiger partial charge in [-0.05, 0) is 5.56 Å². The number of H-pyrrole nitrogens is 1. The van der Waals surface area contributed by atoms with Crippen molar-refractivity contribution in [1.29, 1.82) is 0 Å². The second-order valence-electron chi connectivity index (χ2n) is 4.42. The van der Waals surface area contributed by atoms with E-state index in [9.17, 15) is 4.79 Å². The fourth-order valence-electron chi connectivity index (χ4n) is 2.21. The summed E-state index contributed by atoms with van der Waals surface area (Å²) in [5, 5.41) is 7.00. The highest BCUT2D eigenvalue weighted by Crippen LogP contribution is 2.32. The summed E-state index contributed by atoms with van der Waals surface area (Å²) < 4.78 is 0. The quantitative estimate of drug-likeness (QED) is 0.762. The van der Waals surface area contributed by atoms with Crippen LogP contribution in [0.4, 0.5) is 0 Å². The molecule has 0 aliphatic heterocycles. The number of nitrogens with one attached hydrogen (secondary N) is 1. The van der Waals surface area contributed by atoms with Gasteiger partial charge in [0.05, 0.1) is 0 Å². The van der Waals surface area contributed by atoms with Gasteiger partial charge in [0.1, 0.15) is 11.4 Å². The molecule has 4 nitrogen and oxygen atoms in total. The smallest absolute Gasteiger partial charge is 0.267 e. The summed E-state index contributed by atoms with van der Waals surface area (Å²) in [6.07, 6.45) is 0. The van der Waals surface area contributed by atoms with Gasteiger partial charge in [-0.3, -0.25) is 9.89 Å². The first-order chi connectivity index (χ1) is 9.77. The number of hydrogen-bond acceptors (Lipinski definition) is 2. The monoisotopic (exact) mass is 263 g/mol. The van der Waals surface area contributed by atoms with E-state index >= 15 is 0 Å². The molecule has 0 radical (unpaired) electrons. The van der Waals surface area contributed by atoms with Crippen LogP contribution >= 0.6 is 0 Å². The molecule has 3 rings (SSSR count). The van der Waals surface area contributed by atoms with Crippen LogP contribution in [0.2, 0.25) is 0 Å². The van der Waals surface area contributed by atoms with Crippen LogP contribution in [0.25, 0.3) is 22.4 Å². The van der Waals surface area contributed by atoms with Crippen molar-refractivity contribution < 1.29 is 4.79 Å². The van der Waals surface area contributed by atoms with Gasteiger partial charge in [0.15, 0.2) is 0 Å². The van der Waals surface area contributed by atoms with Gasteiger partial charge in [-0.1, -0.05) is 60.7 Å². The third kappa shape index (κ3) is 2.07. The normalized spacial score (nSPS) is 10.4. The molecule has 0 bridgehead atoms. The fraction of sp³-hybridized carbons (Fsp3) is 0. The standard InChI is InChI=1S/C16H13N3O/c17-16(20)15-13(11-7-3-1-4-8-11)14(18-19-15)12-9-5-2-6-10-12/h1-10H,(H2,17,20)(H,18,19). The zero-order valence-corrected chi connectivity index (χ0v) is 10.7. The Kier molecular flexibility index (Phi) is 3.05. The van der Waals surface area contributed by atoms with Crippen molar-refractivity contribution >= 4 is 5.91 Å². The first-order valence-electron chi connectivity index (χ1n) is 6.26. The second-order valence-corrected chi connectivity index (χ2v) is 4.42. The highest BCUT2D eigenvalue weighted by Gasteiger charge is 2.19. The Bertz CT molecular complexity index is 733. The van der Waals surface area contributed by atoms with E-state index in [1.54, 1.807) is 0 Å². The number of rotatable bonds is 3. The summed E-state index contributed by atoms with van der Waals surface area (Å²) in [6, 6.07) is 19.3. The predicted octanol–water partition coefficient (Wildman–Crippen LogP) is 2.84. The van der Waals surface area contributed by atoms with E-state index in [0.29, 0.717) is 5.69 Å². The van der Waals surface area contributed by atoms with Crippen LogP contribution in [-0.2, 0) is 0 Å². The van der Waals surface area contributed by atoms with Crippen molar-refractivity contribution in [1.82, 2.24) is 10.2 Å². The molecule has 20 heavy (non-hydrogen) atoms. The van der Waals surface area contributed by atoms with E-state index in [1.165, 1.54) is 0 Å². The number of aromatic nitrogens is 2. The molecule has 3 aromatic rings. The van der Waals surface area contributed by atoms with Crippen LogP contribution in [0.15, 0.2) is 60.7 Å². The van der Waals surface area contributed by atoms with Gasteiger partial charge in [0.25, 0.3) is 5.91 Å². The lowest BCUT2D eigenvalue weighted by atomic mass is 9.99. The molecule has 1 amide bonds. The Morgan fingerprint density at radius 2 is 1.45 bits per heavy atom. The number of carbonyl (C=O) groups is 1. The molecule has 0 spiro atoms. The van der Waals surface area contributed by atoms with E-state index in [1.807, 2.05) is 60.7 Å². The highest BCUT2D eigenvalue weighted by molar-refractivity contribution is 6.01. The maximum atomic E-state index is 11.6. The van der Waals surface area contributed by atoms with Crippen molar-refractivity contribution in [3.8, 4) is 22.4 Å². The van der Waals surface area contributed by atoms with Crippen molar-refractivity contribution in [3.63, 3.8) is 0 Å². The molecule has 2 aromatic carbocycles. The number of benzene rings is 2. The Hall–Kier alpha value is -2.88. The minimum absolute atomic E-state index is 0.329. The number of amides is 1. The second kappa shape index (κ2) is 5.01. The first-order valence-corrected chi connectivity index (χ1v) is 6.26. The van der Waals surface area contributed by atoms with Gasteiger partial charge in [-0.25, -0.2) is 0 Å². The summed E-state index contributed by atoms with van der Waals surface area (Å²) in [7, 11) is 0. The van der Waals surface area contributed by atoms with Gasteiger partial charge in [-0.15, -0.1) is 0 Å². The van der Waals surface area contributed by atoms with E-state index in [0.717, 1.165) is 22.4 Å². The average molecular weight is 263 g/mol. The minimum atomic E-state index is -0.515. The van der Waals surface area contributed by atoms with Crippen molar-refractivity contribution in [2.75, 3.05) is 0 Å². The summed E-state index contributed by atoms with van der Waals surface area (Å²) in [5.74, 6) is -0.515. The highest BCUT2D eigenvalue weighted by atomic mass is 16.1. The molecule has 0 saturated heterocycles. The summed E-state index contributed by atoms with van der Waals surface area (Å²) in [5.41, 5.74) is 9.08. The molecule has 0 saturated carbocycles. The zero-order valence-electron chi connectivity index (χ0n) is 10.7. The van der Waals surface area contributed by atoms with Crippen molar-refractivity contribution in [3.05, 3.63) is 66.4 Å². The Morgan fingerprint density at radius 1 is 0.900 bits per heavy atom. The zero-order chi connectivity index (χ0) is 13.9. The van der Waals surface area contributed by atoms with Crippen LogP contribution in [0.3, 0.4) is 0 Å². The van der Waals surface area contributed by atoms with E-state index < -0.39 is 5.91 Å². The number of nitrogens with zero attached hydrogens (tertiary/aromatic N) is 1. The van der Waals surface area contributed by atoms with Crippen LogP contribution < -0.4 is 5.73 Å². The predicted molar refractivity (Wildman–Crippen MR) is 78.0 cm³/mol. The van der Waals surface area contributed by atoms with Gasteiger partial charge in [0, 0.05) is 11.1 Å². The molecule has 3 N–H and O–H groups in total. The Morgan fingerprint density at radius 3 is 2.00 bits per heavy atom. The Balaban J connectivity index is 2.25. The summed E-state index contributed by atoms with van der Waals surface area (Å²) >= 11 is 0. The molecule has 0 atom stereocenters. The number of primary amides is 1. The van der Waals surface area contributed by atoms with E-state index in [-0.39, 0.29) is 0 Å². The lowest BCUT2D eigenvalue weighted by molar-refractivity contribution is 0.0996. The van der Waals surface area contributed by atoms with Crippen LogP contribution in [0.1, 0.15) is 10.5 Å². The van der Waals surface area contributed by atoms with Gasteiger partial charge in [-0.2, -0.15) is 5.10 Å². The number of nitrogens with two attached hydrogens (primary N) is 1. The lowest BCUT2D eigenvalue weighted by Crippen LogP contribution is -2.12. The Labute approximate surface area is 116 Å². The fourth-order valence-corrected chi connectivity index (χ4v) is 2.21. The SMILES string of the molecule is NC(=O)c1[nH]nc(-c2ccccc2)c1-c1ccccc1. The first kappa shape index (κ1) is 12.2. The third-order valence-corrected chi connectivity index (χ3v) is 3.12. The molecular weight excluding hydrogens is 250 g/mol. The van der Waals surface area contributed by atoms with Gasteiger partial charge >= 0.3 is 0 Å². The van der Waals surface area contributed by atoms with Gasteiger partial charge in [0.2, 0.25) is 0 Å². The minimum Gasteiger partial charge on any atom is -0.364 e. The van der Waals surface area contributed by atoms with Crippen LogP contribution in [0.5, 0.6) is 0 Å². The molecule has 0 unspecified atom stereocenters. The van der Waals surface area contributed by atoms with E-state index in [4.69, 9.17) is 5.73 Å². The summed E-state index contributed by atoms with van der Waals surface area (Å²) in [4.78, 5) is 11.6. The van der Waals surface area contributed by atoms with Gasteiger partial charge < -0.3 is 5.73 Å². The molecule has 98 valence electrons. The maximum Gasteiger partial charge on any atom is 0.267 e. The number of carbonyl (C=O) groups excluding carboxylic acids is 1. The largest absolute Gasteiger partial charge is 0.364 e. The molecule has 4 heteroatoms. The van der Waals surface area contributed by atoms with Crippen molar-refractivity contribution in [2.45, 2.75) is 0 Å². The molecule has 1 heterocycles. The maximum absolute atomic E-state index is 11.6. The number of hydrogen-bond donors (Lipinski definition) is 2. The van der Waals surface area contributed by atoms with Crippen molar-refractivity contribution in [2.24, 2.45) is 5.73 Å². The van der Waals surface area contributed by atoms with Crippen LogP contribution in [0, 0.1) is 0 Å². The molecule has 1 aromatic heterocycles. The molecular formula is C16H13N3O. The summed E-state index contributed by atoms with van der Waals surface area (Å²) in [6.45, 7) is 0. The third-order valence-electron chi connectivity index (χ3n) is 3.12. The van der Waals surface area contributed by atoms with E-state index in [2.05, 4.69) is 10.2 Å². The molecule has 0 aliphatic carbocycles. The molecule has 0 fully saturated rings. The molecule has 0 aliphatic rings.